The number of aryl methyl sites for hydroxylation is 1. The predicted molar refractivity (Wildman–Crippen MR) is 103 cm³/mol. The van der Waals surface area contributed by atoms with Crippen LogP contribution in [0.3, 0.4) is 0 Å². The van der Waals surface area contributed by atoms with Crippen molar-refractivity contribution in [3.8, 4) is 5.75 Å². The molecule has 2 aromatic carbocycles. The molecule has 0 saturated carbocycles. The first-order chi connectivity index (χ1) is 12.4. The van der Waals surface area contributed by atoms with Crippen LogP contribution in [-0.4, -0.2) is 23.1 Å². The molecule has 0 aliphatic rings. The van der Waals surface area contributed by atoms with Crippen molar-refractivity contribution in [2.24, 2.45) is 5.10 Å². The van der Waals surface area contributed by atoms with E-state index >= 15 is 0 Å². The number of anilines is 1. The molecule has 0 atom stereocenters. The van der Waals surface area contributed by atoms with E-state index in [1.165, 1.54) is 6.21 Å². The summed E-state index contributed by atoms with van der Waals surface area (Å²) < 4.78 is 0. The zero-order valence-electron chi connectivity index (χ0n) is 14.1. The van der Waals surface area contributed by atoms with E-state index in [0.29, 0.717) is 28.3 Å². The van der Waals surface area contributed by atoms with Gasteiger partial charge < -0.3 is 10.4 Å². The van der Waals surface area contributed by atoms with Gasteiger partial charge >= 0.3 is 11.8 Å². The number of hydrogen-bond donors (Lipinski definition) is 3. The molecule has 0 aromatic heterocycles. The van der Waals surface area contributed by atoms with Gasteiger partial charge in [-0.05, 0) is 42.7 Å². The molecule has 134 valence electrons. The third kappa shape index (κ3) is 4.94. The van der Waals surface area contributed by atoms with Gasteiger partial charge in [-0.3, -0.25) is 9.59 Å². The number of carbonyl (C=O) groups is 2. The number of para-hydroxylation sites is 1. The van der Waals surface area contributed by atoms with Crippen LogP contribution >= 0.6 is 11.6 Å². The first-order valence-electron chi connectivity index (χ1n) is 7.74. The number of amides is 2. The Kier molecular flexibility index (Phi) is 6.52. The third-order valence-electron chi connectivity index (χ3n) is 3.52. The SMILES string of the molecule is C=CCc1cccc(C=NNC(=O)C(=O)Nc2ccc(C)c(Cl)c2)c1O. The van der Waals surface area contributed by atoms with Gasteiger partial charge in [0, 0.05) is 16.3 Å². The quantitative estimate of drug-likeness (QED) is 0.326. The number of nitrogens with one attached hydrogen (secondary N) is 2. The summed E-state index contributed by atoms with van der Waals surface area (Å²) in [6.45, 7) is 5.45. The molecular formula is C19H18ClN3O3. The highest BCUT2D eigenvalue weighted by molar-refractivity contribution is 6.39. The standard InChI is InChI=1S/C19H18ClN3O3/c1-3-5-13-6-4-7-14(17(13)24)11-21-23-19(26)18(25)22-15-9-8-12(2)16(20)10-15/h3-4,6-11,24H,1,5H2,2H3,(H,22,25)(H,23,26). The van der Waals surface area contributed by atoms with E-state index in [1.54, 1.807) is 42.5 Å². The van der Waals surface area contributed by atoms with Gasteiger partial charge in [0.15, 0.2) is 0 Å². The molecule has 6 nitrogen and oxygen atoms in total. The summed E-state index contributed by atoms with van der Waals surface area (Å²) in [5.41, 5.74) is 4.47. The third-order valence-corrected chi connectivity index (χ3v) is 3.93. The molecule has 0 aliphatic heterocycles. The minimum atomic E-state index is -0.945. The van der Waals surface area contributed by atoms with E-state index in [9.17, 15) is 14.7 Å². The Morgan fingerprint density at radius 2 is 2.04 bits per heavy atom. The van der Waals surface area contributed by atoms with Crippen molar-refractivity contribution in [3.63, 3.8) is 0 Å². The zero-order chi connectivity index (χ0) is 19.1. The first kappa shape index (κ1) is 19.2. The number of hydrazone groups is 1. The molecule has 0 bridgehead atoms. The average molecular weight is 372 g/mol. The summed E-state index contributed by atoms with van der Waals surface area (Å²) in [4.78, 5) is 23.7. The fourth-order valence-corrected chi connectivity index (χ4v) is 2.29. The van der Waals surface area contributed by atoms with Crippen LogP contribution in [0.1, 0.15) is 16.7 Å². The van der Waals surface area contributed by atoms with Gasteiger partial charge in [-0.2, -0.15) is 5.10 Å². The van der Waals surface area contributed by atoms with Gasteiger partial charge in [0.2, 0.25) is 0 Å². The van der Waals surface area contributed by atoms with Gasteiger partial charge in [-0.1, -0.05) is 35.9 Å². The maximum atomic E-state index is 11.9. The lowest BCUT2D eigenvalue weighted by molar-refractivity contribution is -0.136. The molecule has 0 aliphatic carbocycles. The van der Waals surface area contributed by atoms with Gasteiger partial charge in [0.25, 0.3) is 0 Å². The Morgan fingerprint density at radius 3 is 2.73 bits per heavy atom. The normalized spacial score (nSPS) is 10.5. The molecule has 0 unspecified atom stereocenters. The van der Waals surface area contributed by atoms with Gasteiger partial charge in [0.05, 0.1) is 6.21 Å². The number of aromatic hydroxyl groups is 1. The fourth-order valence-electron chi connectivity index (χ4n) is 2.11. The molecular weight excluding hydrogens is 354 g/mol. The van der Waals surface area contributed by atoms with Crippen LogP contribution in [0.25, 0.3) is 0 Å². The molecule has 2 amide bonds. The second-order valence-corrected chi connectivity index (χ2v) is 5.87. The lowest BCUT2D eigenvalue weighted by Gasteiger charge is -2.06. The highest BCUT2D eigenvalue weighted by Gasteiger charge is 2.13. The van der Waals surface area contributed by atoms with E-state index in [1.807, 2.05) is 6.92 Å². The molecule has 2 aromatic rings. The van der Waals surface area contributed by atoms with Crippen molar-refractivity contribution in [1.29, 1.82) is 0 Å². The Morgan fingerprint density at radius 1 is 1.27 bits per heavy atom. The highest BCUT2D eigenvalue weighted by Crippen LogP contribution is 2.21. The zero-order valence-corrected chi connectivity index (χ0v) is 14.9. The summed E-state index contributed by atoms with van der Waals surface area (Å²) in [6.07, 6.45) is 3.43. The monoisotopic (exact) mass is 371 g/mol. The molecule has 7 heteroatoms. The molecule has 3 N–H and O–H groups in total. The Hall–Kier alpha value is -3.12. The van der Waals surface area contributed by atoms with Crippen molar-refractivity contribution in [2.45, 2.75) is 13.3 Å². The molecule has 0 heterocycles. The summed E-state index contributed by atoms with van der Waals surface area (Å²) in [6, 6.07) is 10.1. The van der Waals surface area contributed by atoms with Gasteiger partial charge in [-0.15, -0.1) is 6.58 Å². The van der Waals surface area contributed by atoms with Crippen LogP contribution in [0.4, 0.5) is 5.69 Å². The van der Waals surface area contributed by atoms with Crippen LogP contribution < -0.4 is 10.7 Å². The van der Waals surface area contributed by atoms with Crippen LogP contribution in [0, 0.1) is 6.92 Å². The molecule has 0 radical (unpaired) electrons. The number of benzene rings is 2. The number of hydrogen-bond acceptors (Lipinski definition) is 4. The number of nitrogens with zero attached hydrogens (tertiary/aromatic N) is 1. The van der Waals surface area contributed by atoms with E-state index < -0.39 is 11.8 Å². The number of halogens is 1. The molecule has 2 rings (SSSR count). The van der Waals surface area contributed by atoms with E-state index in [0.717, 1.165) is 5.56 Å². The van der Waals surface area contributed by atoms with Crippen molar-refractivity contribution in [3.05, 3.63) is 70.8 Å². The van der Waals surface area contributed by atoms with Crippen molar-refractivity contribution in [1.82, 2.24) is 5.43 Å². The van der Waals surface area contributed by atoms with E-state index in [4.69, 9.17) is 11.6 Å². The van der Waals surface area contributed by atoms with Crippen LogP contribution in [0.5, 0.6) is 5.75 Å². The van der Waals surface area contributed by atoms with E-state index in [2.05, 4.69) is 22.4 Å². The predicted octanol–water partition coefficient (Wildman–Crippen LogP) is 3.17. The van der Waals surface area contributed by atoms with Gasteiger partial charge in [0.1, 0.15) is 5.75 Å². The maximum absolute atomic E-state index is 11.9. The fraction of sp³-hybridized carbons (Fsp3) is 0.105. The molecule has 0 saturated heterocycles. The van der Waals surface area contributed by atoms with Gasteiger partial charge in [-0.25, -0.2) is 5.43 Å². The lowest BCUT2D eigenvalue weighted by Crippen LogP contribution is -2.32. The lowest BCUT2D eigenvalue weighted by atomic mass is 10.1. The average Bonchev–Trinajstić information content (AvgIpc) is 2.61. The summed E-state index contributed by atoms with van der Waals surface area (Å²) in [7, 11) is 0. The second-order valence-electron chi connectivity index (χ2n) is 5.46. The summed E-state index contributed by atoms with van der Waals surface area (Å²) in [5, 5.41) is 16.7. The number of carbonyl (C=O) groups excluding carboxylic acids is 2. The largest absolute Gasteiger partial charge is 0.507 e. The Balaban J connectivity index is 1.98. The van der Waals surface area contributed by atoms with Crippen LogP contribution in [0.15, 0.2) is 54.2 Å². The second kappa shape index (κ2) is 8.82. The molecule has 0 fully saturated rings. The van der Waals surface area contributed by atoms with Crippen molar-refractivity contribution in [2.75, 3.05) is 5.32 Å². The number of rotatable bonds is 5. The number of allylic oxidation sites excluding steroid dienone is 1. The Bertz CT molecular complexity index is 878. The molecule has 26 heavy (non-hydrogen) atoms. The van der Waals surface area contributed by atoms with Crippen molar-refractivity contribution >= 4 is 35.3 Å². The summed E-state index contributed by atoms with van der Waals surface area (Å²) >= 11 is 5.97. The van der Waals surface area contributed by atoms with Crippen molar-refractivity contribution < 1.29 is 14.7 Å². The highest BCUT2D eigenvalue weighted by atomic mass is 35.5. The van der Waals surface area contributed by atoms with E-state index in [-0.39, 0.29) is 5.75 Å². The van der Waals surface area contributed by atoms with Crippen LogP contribution in [-0.2, 0) is 16.0 Å². The maximum Gasteiger partial charge on any atom is 0.329 e. The summed E-state index contributed by atoms with van der Waals surface area (Å²) in [5.74, 6) is -1.78. The van der Waals surface area contributed by atoms with Crippen LogP contribution in [0.2, 0.25) is 5.02 Å². The minimum Gasteiger partial charge on any atom is -0.507 e. The number of phenols is 1. The smallest absolute Gasteiger partial charge is 0.329 e. The Labute approximate surface area is 156 Å². The first-order valence-corrected chi connectivity index (χ1v) is 8.12. The molecule has 0 spiro atoms. The topological polar surface area (TPSA) is 90.8 Å². The minimum absolute atomic E-state index is 0.0455. The number of phenolic OH excluding ortho intramolecular Hbond substituents is 1.